The number of aliphatic carboxylic acids is 3. The molecule has 1 atom stereocenters. The smallest absolute Gasteiger partial charge is 0.354 e. The average Bonchev–Trinajstić information content (AvgIpc) is 3.41. The molecule has 3 heterocycles. The van der Waals surface area contributed by atoms with Crippen molar-refractivity contribution in [3.05, 3.63) is 88.1 Å². The van der Waals surface area contributed by atoms with Crippen molar-refractivity contribution >= 4 is 58.0 Å². The van der Waals surface area contributed by atoms with Crippen molar-refractivity contribution < 1.29 is 63.0 Å². The molecule has 0 saturated carbocycles. The summed E-state index contributed by atoms with van der Waals surface area (Å²) < 4.78 is 34.6. The van der Waals surface area contributed by atoms with Crippen LogP contribution >= 0.6 is 11.6 Å². The van der Waals surface area contributed by atoms with Crippen LogP contribution in [-0.2, 0) is 33.4 Å². The number of piperazine rings is 1. The third-order valence-electron chi connectivity index (χ3n) is 13.3. The number of fused-ring (bicyclic) bond motifs is 1. The highest BCUT2D eigenvalue weighted by Gasteiger charge is 2.31. The highest BCUT2D eigenvalue weighted by Crippen LogP contribution is 2.42. The minimum absolute atomic E-state index is 0.00143. The van der Waals surface area contributed by atoms with Crippen LogP contribution in [0.1, 0.15) is 32.3 Å². The standard InChI is InChI=1S/C53H69ClFN9O13/c1-5-47(67)62-19-20-63(36(4)30-62)52-40-28-41(54)39(29-44(40)64(53(74)57-52)43-9-7-6-8-38(43)35(2)3)51-42(55)26-37(27-45(51)65)77-25-24-76-23-22-75-21-10-56-46(66)31-58-11-13-59(32-48(68)69)15-17-61(34-50(72)73)18-16-60(14-12-58)33-49(70)71/h5-9,26-29,35-36,65H,1,10-25,30-34H2,2-4H3,(H,56,66)(H,68,69)(H,70,71)(H,72,73)/t36-/m0/s1. The summed E-state index contributed by atoms with van der Waals surface area (Å²) in [5.74, 6) is -4.52. The maximum Gasteiger partial charge on any atom is 0.354 e. The fraction of sp³-hybridized carbons (Fsp3) is 0.491. The highest BCUT2D eigenvalue weighted by molar-refractivity contribution is 6.34. The van der Waals surface area contributed by atoms with Crippen LogP contribution in [0.25, 0.3) is 27.7 Å². The number of carboxylic acids is 3. The lowest BCUT2D eigenvalue weighted by molar-refractivity contribution is -0.140. The van der Waals surface area contributed by atoms with Crippen LogP contribution < -0.4 is 20.6 Å². The number of para-hydroxylation sites is 1. The van der Waals surface area contributed by atoms with Gasteiger partial charge < -0.3 is 49.8 Å². The molecule has 0 radical (unpaired) electrons. The molecule has 2 fully saturated rings. The van der Waals surface area contributed by atoms with Crippen molar-refractivity contribution in [1.82, 2.24) is 39.4 Å². The van der Waals surface area contributed by atoms with Crippen molar-refractivity contribution in [2.75, 3.05) is 143 Å². The molecule has 0 bridgehead atoms. The van der Waals surface area contributed by atoms with E-state index in [9.17, 15) is 49.2 Å². The molecule has 0 unspecified atom stereocenters. The number of aromatic hydroxyl groups is 1. The van der Waals surface area contributed by atoms with Gasteiger partial charge in [0.05, 0.1) is 69.4 Å². The van der Waals surface area contributed by atoms with Crippen LogP contribution in [0.15, 0.2) is 66.0 Å². The summed E-state index contributed by atoms with van der Waals surface area (Å²) in [5, 5.41) is 43.1. The van der Waals surface area contributed by atoms with E-state index in [0.717, 1.165) is 11.6 Å². The summed E-state index contributed by atoms with van der Waals surface area (Å²) in [4.78, 5) is 89.4. The number of aromatic nitrogens is 2. The third-order valence-corrected chi connectivity index (χ3v) is 13.6. The number of carbonyl (C=O) groups is 5. The number of carbonyl (C=O) groups excluding carboxylic acids is 2. The van der Waals surface area contributed by atoms with Crippen LogP contribution in [-0.4, -0.2) is 228 Å². The number of ether oxygens (including phenoxy) is 3. The lowest BCUT2D eigenvalue weighted by Crippen LogP contribution is -2.54. The van der Waals surface area contributed by atoms with E-state index < -0.39 is 35.2 Å². The highest BCUT2D eigenvalue weighted by atomic mass is 35.5. The van der Waals surface area contributed by atoms with Gasteiger partial charge in [-0.1, -0.05) is 50.2 Å². The minimum atomic E-state index is -1.05. The molecule has 4 aromatic rings. The van der Waals surface area contributed by atoms with Crippen molar-refractivity contribution in [3.63, 3.8) is 0 Å². The Bertz CT molecular complexity index is 2750. The number of amides is 2. The van der Waals surface area contributed by atoms with Gasteiger partial charge in [-0.05, 0) is 42.7 Å². The van der Waals surface area contributed by atoms with Gasteiger partial charge in [0.25, 0.3) is 0 Å². The monoisotopic (exact) mass is 1090 g/mol. The number of phenols is 1. The minimum Gasteiger partial charge on any atom is -0.507 e. The number of hydrogen-bond acceptors (Lipinski definition) is 16. The van der Waals surface area contributed by atoms with Gasteiger partial charge in [-0.15, -0.1) is 0 Å². The van der Waals surface area contributed by atoms with Crippen molar-refractivity contribution in [1.29, 1.82) is 0 Å². The first kappa shape index (κ1) is 59.5. The average molecular weight is 1090 g/mol. The normalized spacial score (nSPS) is 16.7. The summed E-state index contributed by atoms with van der Waals surface area (Å²) in [5.41, 5.74) is 1.18. The fourth-order valence-corrected chi connectivity index (χ4v) is 9.68. The van der Waals surface area contributed by atoms with Gasteiger partial charge in [0, 0.05) is 113 Å². The molecular weight excluding hydrogens is 1030 g/mol. The number of phenolic OH excluding ortho intramolecular Hbond substituents is 1. The molecule has 0 spiro atoms. The van der Waals surface area contributed by atoms with E-state index >= 15 is 4.39 Å². The Hall–Kier alpha value is -6.73. The molecular formula is C53H69ClFN9O13. The Balaban J connectivity index is 1.02. The predicted octanol–water partition coefficient (Wildman–Crippen LogP) is 2.90. The second-order valence-electron chi connectivity index (χ2n) is 19.2. The van der Waals surface area contributed by atoms with Crippen LogP contribution in [0, 0.1) is 5.82 Å². The molecule has 2 amide bonds. The van der Waals surface area contributed by atoms with Gasteiger partial charge in [0.2, 0.25) is 11.8 Å². The Labute approximate surface area is 450 Å². The Morgan fingerprint density at radius 2 is 1.35 bits per heavy atom. The lowest BCUT2D eigenvalue weighted by Gasteiger charge is -2.40. The van der Waals surface area contributed by atoms with Crippen LogP contribution in [0.2, 0.25) is 5.02 Å². The number of halogens is 2. The number of anilines is 1. The number of carboxylic acid groups (broad SMARTS) is 3. The van der Waals surface area contributed by atoms with Crippen LogP contribution in [0.3, 0.4) is 0 Å². The summed E-state index contributed by atoms with van der Waals surface area (Å²) in [6, 6.07) is 12.8. The molecule has 418 valence electrons. The van der Waals surface area contributed by atoms with E-state index in [1.807, 2.05) is 54.8 Å². The Kier molecular flexibility index (Phi) is 22.1. The second-order valence-corrected chi connectivity index (χ2v) is 19.6. The quantitative estimate of drug-likeness (QED) is 0.0528. The topological polar surface area (TPSA) is 260 Å². The maximum absolute atomic E-state index is 16.2. The van der Waals surface area contributed by atoms with Crippen LogP contribution in [0.4, 0.5) is 10.2 Å². The van der Waals surface area contributed by atoms with Gasteiger partial charge >= 0.3 is 23.6 Å². The van der Waals surface area contributed by atoms with Crippen molar-refractivity contribution in [2.24, 2.45) is 0 Å². The largest absolute Gasteiger partial charge is 0.507 e. The van der Waals surface area contributed by atoms with E-state index in [4.69, 9.17) is 25.8 Å². The summed E-state index contributed by atoms with van der Waals surface area (Å²) in [6.45, 7) is 12.8. The molecule has 2 aliphatic rings. The molecule has 6 rings (SSSR count). The van der Waals surface area contributed by atoms with Gasteiger partial charge in [-0.2, -0.15) is 4.98 Å². The molecule has 0 aliphatic carbocycles. The Morgan fingerprint density at radius 1 is 0.792 bits per heavy atom. The second kappa shape index (κ2) is 28.6. The number of benzene rings is 3. The summed E-state index contributed by atoms with van der Waals surface area (Å²) in [7, 11) is 0. The number of hydrogen-bond donors (Lipinski definition) is 5. The third kappa shape index (κ3) is 16.9. The molecule has 22 nitrogen and oxygen atoms in total. The SMILES string of the molecule is C=CC(=O)N1CCN(c2nc(=O)n(-c3ccccc3C(C)C)c3cc(-c4c(O)cc(OCCOCCOCCNC(=O)CN5CCN(CC(=O)O)CCN(CC(=O)O)CCN(CC(=O)O)CC5)cc4F)c(Cl)cc23)[C@@H](C)C1. The first-order valence-corrected chi connectivity index (χ1v) is 25.9. The maximum atomic E-state index is 16.2. The van der Waals surface area contributed by atoms with Crippen LogP contribution in [0.5, 0.6) is 11.5 Å². The van der Waals surface area contributed by atoms with Crippen molar-refractivity contribution in [3.8, 4) is 28.3 Å². The number of nitrogens with zero attached hydrogens (tertiary/aromatic N) is 8. The number of rotatable bonds is 23. The van der Waals surface area contributed by atoms with E-state index in [1.54, 1.807) is 31.7 Å². The molecule has 1 aromatic heterocycles. The van der Waals surface area contributed by atoms with Gasteiger partial charge in [0.15, 0.2) is 0 Å². The van der Waals surface area contributed by atoms with E-state index in [2.05, 4.69) is 16.9 Å². The van der Waals surface area contributed by atoms with E-state index in [0.29, 0.717) is 55.1 Å². The zero-order valence-corrected chi connectivity index (χ0v) is 44.5. The van der Waals surface area contributed by atoms with E-state index in [1.165, 1.54) is 16.7 Å². The Morgan fingerprint density at radius 3 is 1.90 bits per heavy atom. The molecule has 24 heteroatoms. The zero-order chi connectivity index (χ0) is 55.8. The number of nitrogens with one attached hydrogen (secondary N) is 1. The summed E-state index contributed by atoms with van der Waals surface area (Å²) >= 11 is 6.97. The first-order valence-electron chi connectivity index (χ1n) is 25.5. The lowest BCUT2D eigenvalue weighted by atomic mass is 9.99. The predicted molar refractivity (Wildman–Crippen MR) is 286 cm³/mol. The molecule has 77 heavy (non-hydrogen) atoms. The fourth-order valence-electron chi connectivity index (χ4n) is 9.42. The zero-order valence-electron chi connectivity index (χ0n) is 43.7. The molecule has 3 aromatic carbocycles. The van der Waals surface area contributed by atoms with Gasteiger partial charge in [0.1, 0.15) is 29.7 Å². The van der Waals surface area contributed by atoms with Crippen molar-refractivity contribution in [2.45, 2.75) is 32.7 Å². The van der Waals surface area contributed by atoms with Gasteiger partial charge in [-0.25, -0.2) is 9.18 Å². The molecule has 2 saturated heterocycles. The molecule has 5 N–H and O–H groups in total. The first-order chi connectivity index (χ1) is 36.8. The van der Waals surface area contributed by atoms with Gasteiger partial charge in [-0.3, -0.25) is 48.1 Å². The molecule has 2 aliphatic heterocycles. The van der Waals surface area contributed by atoms with E-state index in [-0.39, 0.29) is 151 Å². The summed E-state index contributed by atoms with van der Waals surface area (Å²) in [6.07, 6.45) is 1.27.